The highest BCUT2D eigenvalue weighted by Gasteiger charge is 2.41. The van der Waals surface area contributed by atoms with E-state index in [1.54, 1.807) is 17.0 Å². The summed E-state index contributed by atoms with van der Waals surface area (Å²) in [5.41, 5.74) is 4.52. The van der Waals surface area contributed by atoms with Gasteiger partial charge in [0.1, 0.15) is 11.5 Å². The first-order valence-electron chi connectivity index (χ1n) is 14.1. The number of benzene rings is 2. The molecule has 0 radical (unpaired) electrons. The predicted octanol–water partition coefficient (Wildman–Crippen LogP) is 6.89. The Kier molecular flexibility index (Phi) is 9.68. The predicted molar refractivity (Wildman–Crippen MR) is 150 cm³/mol. The molecule has 6 nitrogen and oxygen atoms in total. The first-order chi connectivity index (χ1) is 19.6. The van der Waals surface area contributed by atoms with Crippen molar-refractivity contribution in [3.63, 3.8) is 0 Å². The van der Waals surface area contributed by atoms with Crippen LogP contribution >= 0.6 is 0 Å². The normalized spacial score (nSPS) is 19.0. The molecule has 41 heavy (non-hydrogen) atoms. The number of unbranched alkanes of at least 4 members (excludes halogenated alkanes) is 1. The Bertz CT molecular complexity index is 1350. The van der Waals surface area contributed by atoms with Gasteiger partial charge in [0.05, 0.1) is 11.6 Å². The minimum atomic E-state index is -4.74. The van der Waals surface area contributed by atoms with Crippen LogP contribution in [0.5, 0.6) is 5.75 Å². The zero-order valence-electron chi connectivity index (χ0n) is 23.4. The number of hydrogen-bond acceptors (Lipinski definition) is 5. The zero-order valence-corrected chi connectivity index (χ0v) is 23.4. The molecule has 218 valence electrons. The Hall–Kier alpha value is -3.88. The summed E-state index contributed by atoms with van der Waals surface area (Å²) in [6, 6.07) is 10.8. The lowest BCUT2D eigenvalue weighted by Gasteiger charge is -2.27. The third kappa shape index (κ3) is 7.45. The largest absolute Gasteiger partial charge is 0.573 e. The number of Topliss-reactive ketones (excluding diaryl/α,β-unsaturated/α-hetero) is 2. The van der Waals surface area contributed by atoms with Gasteiger partial charge in [-0.1, -0.05) is 62.8 Å². The summed E-state index contributed by atoms with van der Waals surface area (Å²) in [5, 5.41) is 3.41. The fraction of sp³-hybridized carbons (Fsp3) is 0.406. The highest BCUT2D eigenvalue weighted by molar-refractivity contribution is 6.12. The Morgan fingerprint density at radius 3 is 2.49 bits per heavy atom. The van der Waals surface area contributed by atoms with Crippen LogP contribution in [0.4, 0.5) is 13.2 Å². The van der Waals surface area contributed by atoms with E-state index in [-0.39, 0.29) is 42.5 Å². The summed E-state index contributed by atoms with van der Waals surface area (Å²) in [4.78, 5) is 40.7. The topological polar surface area (TPSA) is 75.7 Å². The molecule has 2 aliphatic rings. The molecule has 1 amide bonds. The van der Waals surface area contributed by atoms with Crippen molar-refractivity contribution >= 4 is 23.2 Å². The van der Waals surface area contributed by atoms with Gasteiger partial charge in [-0.15, -0.1) is 13.2 Å². The molecule has 0 spiro atoms. The summed E-state index contributed by atoms with van der Waals surface area (Å²) < 4.78 is 41.5. The van der Waals surface area contributed by atoms with Crippen LogP contribution in [-0.2, 0) is 22.6 Å². The number of hydrogen-bond donors (Lipinski definition) is 1. The summed E-state index contributed by atoms with van der Waals surface area (Å²) in [6.45, 7) is 4.39. The van der Waals surface area contributed by atoms with E-state index in [2.05, 4.69) is 10.1 Å². The van der Waals surface area contributed by atoms with Crippen molar-refractivity contribution in [1.82, 2.24) is 10.2 Å². The number of carbonyl (C=O) groups is 3. The number of alkyl halides is 3. The van der Waals surface area contributed by atoms with E-state index in [0.717, 1.165) is 47.3 Å². The third-order valence-corrected chi connectivity index (χ3v) is 7.28. The van der Waals surface area contributed by atoms with Gasteiger partial charge in [0.2, 0.25) is 0 Å². The van der Waals surface area contributed by atoms with Crippen LogP contribution < -0.4 is 10.1 Å². The minimum absolute atomic E-state index is 0.0479. The van der Waals surface area contributed by atoms with Gasteiger partial charge in [0, 0.05) is 49.2 Å². The highest BCUT2D eigenvalue weighted by Crippen LogP contribution is 2.39. The van der Waals surface area contributed by atoms with E-state index in [1.165, 1.54) is 12.1 Å². The molecule has 1 aliphatic heterocycles. The number of amides is 1. The number of nitrogens with zero attached hydrogens (tertiary/aromatic N) is 1. The molecule has 1 fully saturated rings. The van der Waals surface area contributed by atoms with E-state index in [9.17, 15) is 27.6 Å². The van der Waals surface area contributed by atoms with Crippen molar-refractivity contribution in [2.24, 2.45) is 0 Å². The molecule has 1 aliphatic carbocycles. The number of carbonyl (C=O) groups excluding carboxylic acids is 3. The van der Waals surface area contributed by atoms with Crippen molar-refractivity contribution in [3.05, 3.63) is 82.6 Å². The summed E-state index contributed by atoms with van der Waals surface area (Å²) in [5.74, 6) is -0.541. The SMILES string of the molecule is CCC=C(Cc1ccc(OC(F)(F)F)cc1)NCc1cccc2c1C(=O)N(C1CCC(=O)CCC1=O)/C2=C/CCC. The van der Waals surface area contributed by atoms with Gasteiger partial charge >= 0.3 is 6.36 Å². The number of rotatable bonds is 10. The van der Waals surface area contributed by atoms with Crippen LogP contribution in [0.15, 0.2) is 60.3 Å². The monoisotopic (exact) mass is 568 g/mol. The Balaban J connectivity index is 1.56. The maximum atomic E-state index is 13.9. The molecule has 0 saturated heterocycles. The molecule has 1 heterocycles. The van der Waals surface area contributed by atoms with Gasteiger partial charge in [-0.05, 0) is 42.5 Å². The molecule has 1 atom stereocenters. The average molecular weight is 569 g/mol. The Morgan fingerprint density at radius 2 is 1.80 bits per heavy atom. The fourth-order valence-electron chi connectivity index (χ4n) is 5.35. The fourth-order valence-corrected chi connectivity index (χ4v) is 5.35. The van der Waals surface area contributed by atoms with Crippen LogP contribution in [0.3, 0.4) is 0 Å². The van der Waals surface area contributed by atoms with E-state index < -0.39 is 12.4 Å². The molecule has 2 aromatic carbocycles. The zero-order chi connectivity index (χ0) is 29.6. The average Bonchev–Trinajstić information content (AvgIpc) is 3.10. The summed E-state index contributed by atoms with van der Waals surface area (Å²) >= 11 is 0. The van der Waals surface area contributed by atoms with Crippen molar-refractivity contribution in [2.75, 3.05) is 0 Å². The van der Waals surface area contributed by atoms with Crippen LogP contribution in [-0.4, -0.2) is 34.8 Å². The molecule has 1 saturated carbocycles. The third-order valence-electron chi connectivity index (χ3n) is 7.28. The maximum Gasteiger partial charge on any atom is 0.573 e. The van der Waals surface area contributed by atoms with Crippen molar-refractivity contribution in [3.8, 4) is 5.75 Å². The van der Waals surface area contributed by atoms with E-state index in [1.807, 2.05) is 44.2 Å². The van der Waals surface area contributed by atoms with Gasteiger partial charge in [-0.25, -0.2) is 0 Å². The van der Waals surface area contributed by atoms with Crippen molar-refractivity contribution in [1.29, 1.82) is 0 Å². The van der Waals surface area contributed by atoms with Gasteiger partial charge < -0.3 is 10.1 Å². The molecule has 1 N–H and O–H groups in total. The second-order valence-corrected chi connectivity index (χ2v) is 10.3. The molecule has 0 bridgehead atoms. The number of nitrogens with one attached hydrogen (secondary N) is 1. The van der Waals surface area contributed by atoms with Crippen LogP contribution in [0.2, 0.25) is 0 Å². The van der Waals surface area contributed by atoms with Crippen LogP contribution in [0, 0.1) is 0 Å². The lowest BCUT2D eigenvalue weighted by atomic mass is 10.0. The smallest absolute Gasteiger partial charge is 0.406 e. The second kappa shape index (κ2) is 13.2. The Labute approximate surface area is 238 Å². The van der Waals surface area contributed by atoms with Gasteiger partial charge in [-0.3, -0.25) is 19.3 Å². The summed E-state index contributed by atoms with van der Waals surface area (Å²) in [7, 11) is 0. The van der Waals surface area contributed by atoms with Crippen LogP contribution in [0.1, 0.15) is 85.8 Å². The molecule has 9 heteroatoms. The molecule has 1 unspecified atom stereocenters. The minimum Gasteiger partial charge on any atom is -0.406 e. The second-order valence-electron chi connectivity index (χ2n) is 10.3. The van der Waals surface area contributed by atoms with E-state index in [0.29, 0.717) is 24.9 Å². The standard InChI is InChI=1S/C32H35F3N2O4/c1-3-5-10-27-26-9-6-8-22(30(26)31(40)37(27)28-17-13-24(38)14-18-29(28)39)20-36-23(7-4-2)19-21-11-15-25(16-12-21)41-32(33,34)35/h6-12,15-16,28,36H,3-5,13-14,17-20H2,1-2H3/b23-7?,27-10+. The highest BCUT2D eigenvalue weighted by atomic mass is 19.4. The summed E-state index contributed by atoms with van der Waals surface area (Å²) in [6.07, 6.45) is 3.07. The molecule has 0 aromatic heterocycles. The van der Waals surface area contributed by atoms with Crippen molar-refractivity contribution < 1.29 is 32.3 Å². The van der Waals surface area contributed by atoms with Gasteiger partial charge in [0.15, 0.2) is 5.78 Å². The molecular weight excluding hydrogens is 533 g/mol. The van der Waals surface area contributed by atoms with Crippen LogP contribution in [0.25, 0.3) is 5.70 Å². The molecule has 4 rings (SSSR count). The number of allylic oxidation sites excluding steroid dienone is 3. The molecule has 2 aromatic rings. The number of ketones is 2. The quantitative estimate of drug-likeness (QED) is 0.316. The maximum absolute atomic E-state index is 13.9. The number of halogens is 3. The lowest BCUT2D eigenvalue weighted by molar-refractivity contribution is -0.274. The van der Waals surface area contributed by atoms with E-state index >= 15 is 0 Å². The molecular formula is C32H35F3N2O4. The number of fused-ring (bicyclic) bond motifs is 1. The lowest BCUT2D eigenvalue weighted by Crippen LogP contribution is -2.40. The van der Waals surface area contributed by atoms with Gasteiger partial charge in [-0.2, -0.15) is 0 Å². The van der Waals surface area contributed by atoms with Gasteiger partial charge in [0.25, 0.3) is 5.91 Å². The van der Waals surface area contributed by atoms with E-state index in [4.69, 9.17) is 0 Å². The Morgan fingerprint density at radius 1 is 1.05 bits per heavy atom. The number of ether oxygens (including phenoxy) is 1. The van der Waals surface area contributed by atoms with Crippen molar-refractivity contribution in [2.45, 2.75) is 84.2 Å². The first kappa shape index (κ1) is 30.1. The first-order valence-corrected chi connectivity index (χ1v) is 14.1.